The van der Waals surface area contributed by atoms with E-state index in [0.717, 1.165) is 16.9 Å². The van der Waals surface area contributed by atoms with Crippen molar-refractivity contribution in [2.75, 3.05) is 19.0 Å². The summed E-state index contributed by atoms with van der Waals surface area (Å²) in [7, 11) is 0. The van der Waals surface area contributed by atoms with Crippen molar-refractivity contribution in [1.82, 2.24) is 0 Å². The molecule has 0 heterocycles. The van der Waals surface area contributed by atoms with Crippen molar-refractivity contribution in [1.29, 1.82) is 0 Å². The molecule has 0 amide bonds. The zero-order chi connectivity index (χ0) is 13.9. The highest BCUT2D eigenvalue weighted by Crippen LogP contribution is 2.13. The summed E-state index contributed by atoms with van der Waals surface area (Å²) in [4.78, 5) is 11.2. The first-order valence-electron chi connectivity index (χ1n) is 6.18. The van der Waals surface area contributed by atoms with Gasteiger partial charge in [0.2, 0.25) is 0 Å². The second-order valence-electron chi connectivity index (χ2n) is 3.77. The molecule has 1 rings (SSSR count). The molecule has 4 heteroatoms. The molecule has 0 saturated carbocycles. The van der Waals surface area contributed by atoms with Crippen LogP contribution in [0.5, 0.6) is 0 Å². The predicted molar refractivity (Wildman–Crippen MR) is 77.8 cm³/mol. The Morgan fingerprint density at radius 2 is 2.11 bits per heavy atom. The van der Waals surface area contributed by atoms with Crippen LogP contribution in [-0.2, 0) is 15.3 Å². The first kappa shape index (κ1) is 15.6. The topological polar surface area (TPSA) is 46.5 Å². The highest BCUT2D eigenvalue weighted by Gasteiger charge is 2.01. The molecule has 0 aliphatic carbocycles. The zero-order valence-electron chi connectivity index (χ0n) is 11.0. The van der Waals surface area contributed by atoms with Crippen LogP contribution in [0.2, 0.25) is 0 Å². The molecule has 1 N–H and O–H groups in total. The maximum absolute atomic E-state index is 11.2. The lowest BCUT2D eigenvalue weighted by Gasteiger charge is -2.02. The Morgan fingerprint density at radius 3 is 2.74 bits per heavy atom. The Bertz CT molecular complexity index is 443. The highest BCUT2D eigenvalue weighted by atomic mass is 32.2. The molecule has 3 nitrogen and oxygen atoms in total. The molecule has 0 atom stereocenters. The van der Waals surface area contributed by atoms with Crippen LogP contribution in [0.4, 0.5) is 0 Å². The highest BCUT2D eigenvalue weighted by molar-refractivity contribution is 7.99. The van der Waals surface area contributed by atoms with Gasteiger partial charge in [-0.2, -0.15) is 0 Å². The number of carbonyl (C=O) groups excluding carboxylic acids is 1. The van der Waals surface area contributed by atoms with Gasteiger partial charge in [0.25, 0.3) is 0 Å². The fourth-order valence-electron chi connectivity index (χ4n) is 1.36. The van der Waals surface area contributed by atoms with Crippen LogP contribution in [0.1, 0.15) is 24.5 Å². The fraction of sp³-hybridized carbons (Fsp3) is 0.400. The number of carbonyl (C=O) groups is 1. The van der Waals surface area contributed by atoms with Crippen LogP contribution in [0.3, 0.4) is 0 Å². The Balaban J connectivity index is 2.36. The van der Waals surface area contributed by atoms with E-state index >= 15 is 0 Å². The standard InChI is InChI=1S/C15H18O3S/c1-2-18-15(17)12-19-11-14-8-6-13(7-9-14)5-3-4-10-16/h6-9,16H,2,4,10-12H2,1H3. The fourth-order valence-corrected chi connectivity index (χ4v) is 2.14. The van der Waals surface area contributed by atoms with Crippen molar-refractivity contribution < 1.29 is 14.6 Å². The van der Waals surface area contributed by atoms with Crippen LogP contribution in [-0.4, -0.2) is 30.0 Å². The van der Waals surface area contributed by atoms with Gasteiger partial charge in [-0.3, -0.25) is 4.79 Å². The number of benzene rings is 1. The molecule has 0 aliphatic heterocycles. The summed E-state index contributed by atoms with van der Waals surface area (Å²) in [6, 6.07) is 7.90. The van der Waals surface area contributed by atoms with Crippen LogP contribution >= 0.6 is 11.8 Å². The van der Waals surface area contributed by atoms with Crippen LogP contribution in [0, 0.1) is 11.8 Å². The van der Waals surface area contributed by atoms with E-state index in [1.165, 1.54) is 11.8 Å². The van der Waals surface area contributed by atoms with Gasteiger partial charge in [-0.15, -0.1) is 11.8 Å². The van der Waals surface area contributed by atoms with Gasteiger partial charge in [-0.25, -0.2) is 0 Å². The van der Waals surface area contributed by atoms with E-state index in [1.54, 1.807) is 6.92 Å². The van der Waals surface area contributed by atoms with E-state index in [-0.39, 0.29) is 12.6 Å². The van der Waals surface area contributed by atoms with Crippen molar-refractivity contribution in [3.05, 3.63) is 35.4 Å². The predicted octanol–water partition coefficient (Wildman–Crippen LogP) is 2.22. The lowest BCUT2D eigenvalue weighted by atomic mass is 10.1. The summed E-state index contributed by atoms with van der Waals surface area (Å²) in [5, 5.41) is 8.63. The molecule has 0 unspecified atom stereocenters. The lowest BCUT2D eigenvalue weighted by molar-refractivity contribution is -0.139. The van der Waals surface area contributed by atoms with Crippen LogP contribution < -0.4 is 0 Å². The minimum atomic E-state index is -0.168. The Kier molecular flexibility index (Phi) is 7.80. The number of esters is 1. The second kappa shape index (κ2) is 9.48. The van der Waals surface area contributed by atoms with Gasteiger partial charge in [0.1, 0.15) is 0 Å². The first-order valence-corrected chi connectivity index (χ1v) is 7.33. The maximum atomic E-state index is 11.2. The molecule has 102 valence electrons. The van der Waals surface area contributed by atoms with Crippen molar-refractivity contribution in [2.24, 2.45) is 0 Å². The second-order valence-corrected chi connectivity index (χ2v) is 4.76. The molecule has 1 aromatic carbocycles. The Morgan fingerprint density at radius 1 is 1.37 bits per heavy atom. The lowest BCUT2D eigenvalue weighted by Crippen LogP contribution is -2.06. The number of hydrogen-bond acceptors (Lipinski definition) is 4. The minimum absolute atomic E-state index is 0.0928. The number of aliphatic hydroxyl groups is 1. The van der Waals surface area contributed by atoms with Gasteiger partial charge in [0.15, 0.2) is 0 Å². The molecule has 0 spiro atoms. The van der Waals surface area contributed by atoms with Crippen molar-refractivity contribution >= 4 is 17.7 Å². The molecular weight excluding hydrogens is 260 g/mol. The van der Waals surface area contributed by atoms with E-state index in [0.29, 0.717) is 18.8 Å². The summed E-state index contributed by atoms with van der Waals surface area (Å²) in [6.07, 6.45) is 0.497. The smallest absolute Gasteiger partial charge is 0.315 e. The third kappa shape index (κ3) is 6.90. The van der Waals surface area contributed by atoms with E-state index in [4.69, 9.17) is 9.84 Å². The third-order valence-electron chi connectivity index (χ3n) is 2.22. The SMILES string of the molecule is CCOC(=O)CSCc1ccc(C#CCCO)cc1. The average Bonchev–Trinajstić information content (AvgIpc) is 2.41. The molecule has 0 fully saturated rings. The largest absolute Gasteiger partial charge is 0.465 e. The van der Waals surface area contributed by atoms with Gasteiger partial charge in [-0.05, 0) is 24.6 Å². The number of ether oxygens (including phenoxy) is 1. The normalized spacial score (nSPS) is 9.58. The van der Waals surface area contributed by atoms with Gasteiger partial charge in [0, 0.05) is 17.7 Å². The molecule has 0 aromatic heterocycles. The Labute approximate surface area is 118 Å². The van der Waals surface area contributed by atoms with Crippen LogP contribution in [0.15, 0.2) is 24.3 Å². The van der Waals surface area contributed by atoms with Crippen molar-refractivity contribution in [2.45, 2.75) is 19.1 Å². The number of rotatable bonds is 6. The molecule has 0 radical (unpaired) electrons. The van der Waals surface area contributed by atoms with Crippen LogP contribution in [0.25, 0.3) is 0 Å². The number of thioether (sulfide) groups is 1. The van der Waals surface area contributed by atoms with Crippen molar-refractivity contribution in [3.8, 4) is 11.8 Å². The average molecular weight is 278 g/mol. The monoisotopic (exact) mass is 278 g/mol. The summed E-state index contributed by atoms with van der Waals surface area (Å²) < 4.78 is 4.86. The van der Waals surface area contributed by atoms with Gasteiger partial charge in [0.05, 0.1) is 19.0 Å². The van der Waals surface area contributed by atoms with Gasteiger partial charge < -0.3 is 9.84 Å². The van der Waals surface area contributed by atoms with E-state index in [2.05, 4.69) is 11.8 Å². The number of hydrogen-bond donors (Lipinski definition) is 1. The summed E-state index contributed by atoms with van der Waals surface area (Å²) >= 11 is 1.54. The minimum Gasteiger partial charge on any atom is -0.465 e. The third-order valence-corrected chi connectivity index (χ3v) is 3.19. The molecule has 19 heavy (non-hydrogen) atoms. The molecule has 0 bridgehead atoms. The van der Waals surface area contributed by atoms with Gasteiger partial charge in [-0.1, -0.05) is 24.0 Å². The van der Waals surface area contributed by atoms with E-state index < -0.39 is 0 Å². The van der Waals surface area contributed by atoms with E-state index in [1.807, 2.05) is 24.3 Å². The summed E-state index contributed by atoms with van der Waals surface area (Å²) in [5.74, 6) is 6.84. The van der Waals surface area contributed by atoms with Gasteiger partial charge >= 0.3 is 5.97 Å². The maximum Gasteiger partial charge on any atom is 0.315 e. The van der Waals surface area contributed by atoms with Crippen molar-refractivity contribution in [3.63, 3.8) is 0 Å². The number of aliphatic hydroxyl groups excluding tert-OH is 1. The first-order chi connectivity index (χ1) is 9.26. The quantitative estimate of drug-likeness (QED) is 0.640. The molecular formula is C15H18O3S. The molecule has 0 aliphatic rings. The zero-order valence-corrected chi connectivity index (χ0v) is 11.8. The summed E-state index contributed by atoms with van der Waals surface area (Å²) in [6.45, 7) is 2.33. The Hall–Kier alpha value is -1.44. The summed E-state index contributed by atoms with van der Waals surface area (Å²) in [5.41, 5.74) is 2.09. The molecule has 1 aromatic rings. The van der Waals surface area contributed by atoms with E-state index in [9.17, 15) is 4.79 Å². The molecule has 0 saturated heterocycles.